The van der Waals surface area contributed by atoms with Gasteiger partial charge in [0.15, 0.2) is 23.3 Å². The zero-order chi connectivity index (χ0) is 22.2. The van der Waals surface area contributed by atoms with E-state index >= 15 is 0 Å². The van der Waals surface area contributed by atoms with E-state index in [2.05, 4.69) is 5.16 Å². The summed E-state index contributed by atoms with van der Waals surface area (Å²) in [7, 11) is 0. The van der Waals surface area contributed by atoms with Crippen LogP contribution in [-0.2, 0) is 6.18 Å². The minimum atomic E-state index is -4.86. The number of phenolic OH excluding ortho intramolecular Hbond substituents is 1. The molecule has 0 radical (unpaired) electrons. The summed E-state index contributed by atoms with van der Waals surface area (Å²) < 4.78 is 82.2. The lowest BCUT2D eigenvalue weighted by Crippen LogP contribution is -2.18. The normalized spacial score (nSPS) is 12.3. The maximum atomic E-state index is 14.6. The molecule has 4 nitrogen and oxygen atoms in total. The maximum Gasteiger partial charge on any atom is 0.416 e. The van der Waals surface area contributed by atoms with Crippen molar-refractivity contribution in [2.45, 2.75) is 6.18 Å². The zero-order valence-corrected chi connectivity index (χ0v) is 14.8. The van der Waals surface area contributed by atoms with Gasteiger partial charge in [-0.3, -0.25) is 0 Å². The van der Waals surface area contributed by atoms with Crippen LogP contribution in [0.4, 0.5) is 26.3 Å². The SMILES string of the molecule is NC(=NO)c1cc(C(F)(F)F)cc(-c2ccc(O)cc2)c1-c1ccc(F)c(F)c1F. The number of nitrogens with zero attached hydrogens (tertiary/aromatic N) is 1. The fraction of sp³-hybridized carbons (Fsp3) is 0.0500. The van der Waals surface area contributed by atoms with Gasteiger partial charge in [-0.2, -0.15) is 13.2 Å². The van der Waals surface area contributed by atoms with Crippen LogP contribution in [0.3, 0.4) is 0 Å². The summed E-state index contributed by atoms with van der Waals surface area (Å²) in [5, 5.41) is 21.2. The third kappa shape index (κ3) is 3.76. The van der Waals surface area contributed by atoms with Crippen LogP contribution >= 0.6 is 0 Å². The summed E-state index contributed by atoms with van der Waals surface area (Å²) >= 11 is 0. The van der Waals surface area contributed by atoms with Gasteiger partial charge in [0.2, 0.25) is 0 Å². The molecule has 0 unspecified atom stereocenters. The molecule has 0 fully saturated rings. The molecule has 3 rings (SSSR count). The minimum absolute atomic E-state index is 0.0741. The first-order chi connectivity index (χ1) is 14.0. The summed E-state index contributed by atoms with van der Waals surface area (Å²) in [6.07, 6.45) is -4.86. The van der Waals surface area contributed by atoms with Gasteiger partial charge < -0.3 is 16.0 Å². The Bertz CT molecular complexity index is 1140. The van der Waals surface area contributed by atoms with Crippen LogP contribution in [0.1, 0.15) is 11.1 Å². The van der Waals surface area contributed by atoms with E-state index in [1.807, 2.05) is 0 Å². The van der Waals surface area contributed by atoms with Gasteiger partial charge in [0.1, 0.15) is 5.75 Å². The quantitative estimate of drug-likeness (QED) is 0.134. The molecule has 0 bridgehead atoms. The molecule has 0 aromatic heterocycles. The van der Waals surface area contributed by atoms with Crippen molar-refractivity contribution in [3.05, 3.63) is 77.1 Å². The largest absolute Gasteiger partial charge is 0.508 e. The van der Waals surface area contributed by atoms with Crippen LogP contribution in [0.15, 0.2) is 53.7 Å². The van der Waals surface area contributed by atoms with Crippen molar-refractivity contribution in [1.29, 1.82) is 0 Å². The first kappa shape index (κ1) is 21.0. The molecule has 0 saturated heterocycles. The number of oxime groups is 1. The third-order valence-corrected chi connectivity index (χ3v) is 4.33. The van der Waals surface area contributed by atoms with E-state index in [0.29, 0.717) is 18.2 Å². The zero-order valence-electron chi connectivity index (χ0n) is 14.8. The Morgan fingerprint density at radius 2 is 1.50 bits per heavy atom. The molecule has 0 amide bonds. The second-order valence-electron chi connectivity index (χ2n) is 6.20. The molecule has 0 saturated carbocycles. The van der Waals surface area contributed by atoms with Crippen LogP contribution < -0.4 is 5.73 Å². The predicted molar refractivity (Wildman–Crippen MR) is 96.4 cm³/mol. The van der Waals surface area contributed by atoms with E-state index in [1.54, 1.807) is 0 Å². The molecule has 10 heteroatoms. The Balaban J connectivity index is 2.50. The van der Waals surface area contributed by atoms with Crippen LogP contribution in [0.5, 0.6) is 5.75 Å². The summed E-state index contributed by atoms with van der Waals surface area (Å²) in [5.41, 5.74) is 2.61. The Morgan fingerprint density at radius 3 is 2.07 bits per heavy atom. The summed E-state index contributed by atoms with van der Waals surface area (Å²) in [6.45, 7) is 0. The average molecular weight is 426 g/mol. The lowest BCUT2D eigenvalue weighted by Gasteiger charge is -2.19. The number of hydrogen-bond donors (Lipinski definition) is 3. The highest BCUT2D eigenvalue weighted by Gasteiger charge is 2.34. The van der Waals surface area contributed by atoms with E-state index in [1.165, 1.54) is 24.3 Å². The van der Waals surface area contributed by atoms with E-state index < -0.39 is 46.2 Å². The Kier molecular flexibility index (Phi) is 5.34. The van der Waals surface area contributed by atoms with Gasteiger partial charge >= 0.3 is 6.18 Å². The number of rotatable bonds is 3. The van der Waals surface area contributed by atoms with Gasteiger partial charge in [-0.1, -0.05) is 17.3 Å². The Morgan fingerprint density at radius 1 is 0.867 bits per heavy atom. The number of phenols is 1. The van der Waals surface area contributed by atoms with E-state index in [-0.39, 0.29) is 22.4 Å². The molecule has 156 valence electrons. The summed E-state index contributed by atoms with van der Waals surface area (Å²) in [6, 6.07) is 7.42. The molecule has 3 aromatic carbocycles. The van der Waals surface area contributed by atoms with Gasteiger partial charge in [0, 0.05) is 16.7 Å². The fourth-order valence-electron chi connectivity index (χ4n) is 2.94. The Labute approximate surface area is 165 Å². The van der Waals surface area contributed by atoms with Crippen molar-refractivity contribution in [3.8, 4) is 28.0 Å². The smallest absolute Gasteiger partial charge is 0.416 e. The van der Waals surface area contributed by atoms with Gasteiger partial charge in [0.05, 0.1) is 5.56 Å². The fourth-order valence-corrected chi connectivity index (χ4v) is 2.94. The lowest BCUT2D eigenvalue weighted by molar-refractivity contribution is -0.137. The molecular formula is C20H12F6N2O2. The second kappa shape index (κ2) is 7.62. The lowest BCUT2D eigenvalue weighted by atomic mass is 9.87. The van der Waals surface area contributed by atoms with E-state index in [0.717, 1.165) is 6.07 Å². The number of aromatic hydroxyl groups is 1. The molecule has 4 N–H and O–H groups in total. The minimum Gasteiger partial charge on any atom is -0.508 e. The van der Waals surface area contributed by atoms with Crippen molar-refractivity contribution in [2.24, 2.45) is 10.9 Å². The third-order valence-electron chi connectivity index (χ3n) is 4.33. The van der Waals surface area contributed by atoms with Crippen molar-refractivity contribution in [2.75, 3.05) is 0 Å². The highest BCUT2D eigenvalue weighted by Crippen LogP contribution is 2.42. The maximum absolute atomic E-state index is 14.6. The number of benzene rings is 3. The molecule has 0 aliphatic carbocycles. The van der Waals surface area contributed by atoms with E-state index in [9.17, 15) is 31.4 Å². The topological polar surface area (TPSA) is 78.8 Å². The molecule has 30 heavy (non-hydrogen) atoms. The molecule has 0 atom stereocenters. The summed E-state index contributed by atoms with van der Waals surface area (Å²) in [5.74, 6) is -6.00. The monoisotopic (exact) mass is 426 g/mol. The van der Waals surface area contributed by atoms with Gasteiger partial charge in [-0.25, -0.2) is 13.2 Å². The molecule has 3 aromatic rings. The van der Waals surface area contributed by atoms with Crippen LogP contribution in [-0.4, -0.2) is 16.1 Å². The first-order valence-electron chi connectivity index (χ1n) is 8.21. The number of hydrogen-bond acceptors (Lipinski definition) is 3. The Hall–Kier alpha value is -3.69. The van der Waals surface area contributed by atoms with Crippen molar-refractivity contribution < 1.29 is 36.7 Å². The standard InChI is InChI=1S/C20H12F6N2O2/c21-15-6-5-12(17(22)18(15)23)16-13(9-1-3-11(29)4-2-9)7-10(20(24,25)26)8-14(16)19(27)28-30/h1-8,29-30H,(H2,27,28). The molecule has 0 heterocycles. The number of alkyl halides is 3. The van der Waals surface area contributed by atoms with Gasteiger partial charge in [-0.05, 0) is 47.5 Å². The van der Waals surface area contributed by atoms with Crippen LogP contribution in [0, 0.1) is 17.5 Å². The van der Waals surface area contributed by atoms with Gasteiger partial charge in [0.25, 0.3) is 0 Å². The van der Waals surface area contributed by atoms with E-state index in [4.69, 9.17) is 10.9 Å². The first-order valence-corrected chi connectivity index (χ1v) is 8.21. The predicted octanol–water partition coefficient (Wildman–Crippen LogP) is 5.26. The highest BCUT2D eigenvalue weighted by molar-refractivity contribution is 6.07. The summed E-state index contributed by atoms with van der Waals surface area (Å²) in [4.78, 5) is 0. The molecule has 0 spiro atoms. The average Bonchev–Trinajstić information content (AvgIpc) is 2.71. The van der Waals surface area contributed by atoms with Crippen molar-refractivity contribution in [3.63, 3.8) is 0 Å². The number of amidine groups is 1. The molecule has 0 aliphatic rings. The number of halogens is 6. The van der Waals surface area contributed by atoms with Crippen LogP contribution in [0.25, 0.3) is 22.3 Å². The van der Waals surface area contributed by atoms with Crippen LogP contribution in [0.2, 0.25) is 0 Å². The molecule has 0 aliphatic heterocycles. The number of nitrogens with two attached hydrogens (primary N) is 1. The molecular weight excluding hydrogens is 414 g/mol. The second-order valence-corrected chi connectivity index (χ2v) is 6.20. The highest BCUT2D eigenvalue weighted by atomic mass is 19.4. The van der Waals surface area contributed by atoms with Gasteiger partial charge in [-0.15, -0.1) is 0 Å². The van der Waals surface area contributed by atoms with Crippen molar-refractivity contribution in [1.82, 2.24) is 0 Å². The van der Waals surface area contributed by atoms with Crippen molar-refractivity contribution >= 4 is 5.84 Å².